The smallest absolute Gasteiger partial charge is 0.306 e. The Hall–Kier alpha value is -4.27. The first-order valence-electron chi connectivity index (χ1n) is 25.1. The Kier molecular flexibility index (Phi) is 43.2. The average molecular weight is 902 g/mol. The zero-order chi connectivity index (χ0) is 47.7. The number of hydrogen-bond donors (Lipinski definition) is 0. The van der Waals surface area contributed by atoms with Gasteiger partial charge in [0.2, 0.25) is 0 Å². The summed E-state index contributed by atoms with van der Waals surface area (Å²) in [7, 11) is 5.38. The van der Waals surface area contributed by atoms with Crippen molar-refractivity contribution in [3.63, 3.8) is 0 Å². The molecular formula is C57H91NO7. The number of hydrogen-bond acceptors (Lipinski definition) is 7. The summed E-state index contributed by atoms with van der Waals surface area (Å²) in [6.45, 7) is 4.33. The normalized spacial score (nSPS) is 13.9. The molecule has 65 heavy (non-hydrogen) atoms. The number of unbranched alkanes of at least 4 members (excludes halogenated alkanes) is 9. The molecule has 8 heteroatoms. The lowest BCUT2D eigenvalue weighted by atomic mass is 10.1. The van der Waals surface area contributed by atoms with E-state index in [0.29, 0.717) is 12.8 Å². The standard InChI is InChI=1S/C57H91NO7/c1-6-8-10-12-14-16-18-20-22-24-26-27-28-30-32-34-36-38-40-42-44-46-48-56(60)65-53(51-63-50-49-54(57(61)62)58(3,4)5)52-64-55(59)47-45-43-41-39-37-35-33-31-29-25-23-21-19-17-15-13-11-9-7-2/h8-11,14-17,20-23,26-27,29,31,35,37,41,43,53-54H,6-7,12-13,18-19,24-25,28,30,32-34,36,38-40,42,44-52H2,1-5H3/b10-8+,11-9+,16-14+,17-15+,22-20+,23-21+,27-26+,31-29+,37-35+,43-41+. The van der Waals surface area contributed by atoms with Gasteiger partial charge in [-0.3, -0.25) is 9.59 Å². The Morgan fingerprint density at radius 3 is 1.26 bits per heavy atom. The first-order chi connectivity index (χ1) is 31.6. The highest BCUT2D eigenvalue weighted by Gasteiger charge is 2.25. The van der Waals surface area contributed by atoms with Crippen LogP contribution in [0.15, 0.2) is 122 Å². The molecule has 0 rings (SSSR count). The summed E-state index contributed by atoms with van der Waals surface area (Å²) < 4.78 is 17.1. The maximum absolute atomic E-state index is 12.8. The Labute approximate surface area is 397 Å². The van der Waals surface area contributed by atoms with E-state index in [-0.39, 0.29) is 49.1 Å². The van der Waals surface area contributed by atoms with Gasteiger partial charge in [-0.1, -0.05) is 180 Å². The zero-order valence-electron chi connectivity index (χ0n) is 41.6. The molecular weight excluding hydrogens is 811 g/mol. The van der Waals surface area contributed by atoms with Crippen molar-refractivity contribution in [1.29, 1.82) is 0 Å². The highest BCUT2D eigenvalue weighted by Crippen LogP contribution is 2.13. The fraction of sp³-hybridized carbons (Fsp3) is 0.596. The third-order valence-corrected chi connectivity index (χ3v) is 10.4. The van der Waals surface area contributed by atoms with Crippen molar-refractivity contribution in [1.82, 2.24) is 0 Å². The molecule has 0 heterocycles. The molecule has 0 bridgehead atoms. The molecule has 2 unspecified atom stereocenters. The van der Waals surface area contributed by atoms with Crippen molar-refractivity contribution in [3.8, 4) is 0 Å². The van der Waals surface area contributed by atoms with E-state index < -0.39 is 18.1 Å². The van der Waals surface area contributed by atoms with E-state index in [1.54, 1.807) is 21.1 Å². The number of carbonyl (C=O) groups is 3. The number of likely N-dealkylation sites (N-methyl/N-ethyl adjacent to an activating group) is 1. The van der Waals surface area contributed by atoms with Gasteiger partial charge in [0.25, 0.3) is 0 Å². The monoisotopic (exact) mass is 902 g/mol. The summed E-state index contributed by atoms with van der Waals surface area (Å²) in [5.41, 5.74) is 0. The van der Waals surface area contributed by atoms with Crippen LogP contribution in [-0.4, -0.2) is 75.5 Å². The number of carboxylic acids is 1. The first-order valence-corrected chi connectivity index (χ1v) is 25.1. The summed E-state index contributed by atoms with van der Waals surface area (Å²) in [6, 6.07) is -0.746. The second kappa shape index (κ2) is 46.3. The van der Waals surface area contributed by atoms with E-state index in [9.17, 15) is 19.5 Å². The van der Waals surface area contributed by atoms with Crippen LogP contribution in [-0.2, 0) is 28.6 Å². The van der Waals surface area contributed by atoms with Gasteiger partial charge in [-0.25, -0.2) is 0 Å². The third-order valence-electron chi connectivity index (χ3n) is 10.4. The number of carboxylic acid groups (broad SMARTS) is 1. The van der Waals surface area contributed by atoms with E-state index in [0.717, 1.165) is 96.3 Å². The maximum atomic E-state index is 12.8. The molecule has 0 aliphatic heterocycles. The molecule has 0 aliphatic carbocycles. The molecule has 0 aromatic heterocycles. The third kappa shape index (κ3) is 44.7. The van der Waals surface area contributed by atoms with Crippen molar-refractivity contribution in [2.75, 3.05) is 41.0 Å². The van der Waals surface area contributed by atoms with Crippen LogP contribution in [0.4, 0.5) is 0 Å². The average Bonchev–Trinajstić information content (AvgIpc) is 3.27. The van der Waals surface area contributed by atoms with Gasteiger partial charge in [0.15, 0.2) is 6.10 Å². The van der Waals surface area contributed by atoms with Crippen molar-refractivity contribution in [3.05, 3.63) is 122 Å². The number of allylic oxidation sites excluding steroid dienone is 20. The number of esters is 2. The van der Waals surface area contributed by atoms with Crippen LogP contribution in [0, 0.1) is 0 Å². The number of aliphatic carboxylic acids is 1. The molecule has 0 amide bonds. The lowest BCUT2D eigenvalue weighted by Crippen LogP contribution is -2.55. The summed E-state index contributed by atoms with van der Waals surface area (Å²) in [5.74, 6) is -1.86. The van der Waals surface area contributed by atoms with E-state index in [4.69, 9.17) is 14.2 Å². The van der Waals surface area contributed by atoms with Crippen LogP contribution in [0.5, 0.6) is 0 Å². The summed E-state index contributed by atoms with van der Waals surface area (Å²) in [6.07, 6.45) is 65.3. The minimum Gasteiger partial charge on any atom is -0.544 e. The number of rotatable bonds is 43. The van der Waals surface area contributed by atoms with Gasteiger partial charge in [-0.2, -0.15) is 0 Å². The van der Waals surface area contributed by atoms with Gasteiger partial charge >= 0.3 is 11.9 Å². The maximum Gasteiger partial charge on any atom is 0.306 e. The van der Waals surface area contributed by atoms with Crippen LogP contribution in [0.1, 0.15) is 168 Å². The fourth-order valence-corrected chi connectivity index (χ4v) is 6.56. The van der Waals surface area contributed by atoms with Gasteiger partial charge in [-0.15, -0.1) is 0 Å². The quantitative estimate of drug-likeness (QED) is 0.0260. The lowest BCUT2D eigenvalue weighted by Gasteiger charge is -2.34. The van der Waals surface area contributed by atoms with E-state index in [1.807, 2.05) is 12.2 Å². The molecule has 0 spiro atoms. The molecule has 0 radical (unpaired) electrons. The number of ether oxygens (including phenoxy) is 3. The Balaban J connectivity index is 4.40. The highest BCUT2D eigenvalue weighted by atomic mass is 16.6. The molecule has 0 N–H and O–H groups in total. The van der Waals surface area contributed by atoms with Gasteiger partial charge in [0.1, 0.15) is 12.6 Å². The van der Waals surface area contributed by atoms with Crippen LogP contribution in [0.2, 0.25) is 0 Å². The molecule has 2 atom stereocenters. The first kappa shape index (κ1) is 60.7. The molecule has 0 saturated carbocycles. The van der Waals surface area contributed by atoms with E-state index in [1.165, 1.54) is 32.1 Å². The van der Waals surface area contributed by atoms with E-state index >= 15 is 0 Å². The minimum atomic E-state index is -1.14. The van der Waals surface area contributed by atoms with Gasteiger partial charge in [-0.05, 0) is 89.9 Å². The van der Waals surface area contributed by atoms with E-state index in [2.05, 4.69) is 123 Å². The Bertz CT molecular complexity index is 1470. The SMILES string of the molecule is CC/C=C/C/C=C/C/C=C/C/C=C/C/C=C/C/C=C/CCC(=O)OCC(COCCC(C(=O)[O-])[N+](C)(C)C)OC(=O)CCCCCCCCCCC/C=C/C/C=C/C/C=C/C/C=C/CC. The van der Waals surface area contributed by atoms with Crippen molar-refractivity contribution < 1.29 is 38.2 Å². The zero-order valence-corrected chi connectivity index (χ0v) is 41.6. The van der Waals surface area contributed by atoms with Crippen molar-refractivity contribution in [2.45, 2.75) is 180 Å². The van der Waals surface area contributed by atoms with Crippen LogP contribution in [0.25, 0.3) is 0 Å². The molecule has 366 valence electrons. The fourth-order valence-electron chi connectivity index (χ4n) is 6.56. The molecule has 0 aliphatic rings. The number of nitrogens with zero attached hydrogens (tertiary/aromatic N) is 1. The van der Waals surface area contributed by atoms with Crippen molar-refractivity contribution >= 4 is 17.9 Å². The predicted molar refractivity (Wildman–Crippen MR) is 272 cm³/mol. The van der Waals surface area contributed by atoms with Crippen LogP contribution in [0.3, 0.4) is 0 Å². The van der Waals surface area contributed by atoms with Crippen molar-refractivity contribution in [2.24, 2.45) is 0 Å². The second-order valence-corrected chi connectivity index (χ2v) is 17.3. The van der Waals surface area contributed by atoms with Crippen LogP contribution < -0.4 is 5.11 Å². The van der Waals surface area contributed by atoms with Gasteiger partial charge in [0, 0.05) is 19.3 Å². The Morgan fingerprint density at radius 2 is 0.846 bits per heavy atom. The largest absolute Gasteiger partial charge is 0.544 e. The predicted octanol–water partition coefficient (Wildman–Crippen LogP) is 13.2. The summed E-state index contributed by atoms with van der Waals surface area (Å²) in [4.78, 5) is 37.0. The summed E-state index contributed by atoms with van der Waals surface area (Å²) in [5, 5.41) is 11.7. The number of carbonyl (C=O) groups excluding carboxylic acids is 3. The summed E-state index contributed by atoms with van der Waals surface area (Å²) >= 11 is 0. The Morgan fingerprint density at radius 1 is 0.462 bits per heavy atom. The molecule has 0 aromatic rings. The molecule has 0 saturated heterocycles. The van der Waals surface area contributed by atoms with Gasteiger partial charge in [0.05, 0.1) is 40.3 Å². The molecule has 0 fully saturated rings. The highest BCUT2D eigenvalue weighted by molar-refractivity contribution is 5.70. The minimum absolute atomic E-state index is 0.00647. The van der Waals surface area contributed by atoms with Gasteiger partial charge < -0.3 is 28.6 Å². The topological polar surface area (TPSA) is 102 Å². The van der Waals surface area contributed by atoms with Crippen LogP contribution >= 0.6 is 0 Å². The molecule has 0 aromatic carbocycles. The molecule has 8 nitrogen and oxygen atoms in total. The second-order valence-electron chi connectivity index (χ2n) is 17.3. The lowest BCUT2D eigenvalue weighted by molar-refractivity contribution is -0.889. The number of quaternary nitrogens is 1.